The Kier molecular flexibility index (Phi) is 3.99. The van der Waals surface area contributed by atoms with Crippen molar-refractivity contribution in [2.24, 2.45) is 5.73 Å². The van der Waals surface area contributed by atoms with Crippen molar-refractivity contribution in [2.75, 3.05) is 6.61 Å². The molecule has 5 heteroatoms. The van der Waals surface area contributed by atoms with Crippen molar-refractivity contribution >= 4 is 11.6 Å². The van der Waals surface area contributed by atoms with Crippen LogP contribution >= 0.6 is 11.6 Å². The summed E-state index contributed by atoms with van der Waals surface area (Å²) in [5.41, 5.74) is 9.50. The maximum Gasteiger partial charge on any atom is 0.142 e. The molecule has 1 aliphatic heterocycles. The minimum atomic E-state index is 0.348. The van der Waals surface area contributed by atoms with Gasteiger partial charge in [0.15, 0.2) is 0 Å². The molecule has 2 aromatic rings. The number of ether oxygens (including phenoxy) is 2. The molecule has 0 saturated heterocycles. The molecule has 21 heavy (non-hydrogen) atoms. The van der Waals surface area contributed by atoms with E-state index in [1.165, 1.54) is 0 Å². The van der Waals surface area contributed by atoms with E-state index in [9.17, 15) is 0 Å². The van der Waals surface area contributed by atoms with E-state index in [4.69, 9.17) is 26.8 Å². The van der Waals surface area contributed by atoms with Gasteiger partial charge in [-0.15, -0.1) is 0 Å². The van der Waals surface area contributed by atoms with Crippen LogP contribution in [0.3, 0.4) is 0 Å². The number of benzene rings is 1. The van der Waals surface area contributed by atoms with E-state index in [0.29, 0.717) is 30.5 Å². The molecule has 1 aliphatic rings. The van der Waals surface area contributed by atoms with Gasteiger partial charge in [-0.3, -0.25) is 4.98 Å². The lowest BCUT2D eigenvalue weighted by molar-refractivity contribution is 0.288. The number of aryl methyl sites for hydroxylation is 1. The third-order valence-electron chi connectivity index (χ3n) is 3.47. The molecule has 0 aliphatic carbocycles. The Morgan fingerprint density at radius 2 is 2.24 bits per heavy atom. The predicted octanol–water partition coefficient (Wildman–Crippen LogP) is 3.02. The van der Waals surface area contributed by atoms with Crippen molar-refractivity contribution in [1.29, 1.82) is 0 Å². The molecule has 2 N–H and O–H groups in total. The Bertz CT molecular complexity index is 674. The Morgan fingerprint density at radius 1 is 1.38 bits per heavy atom. The highest BCUT2D eigenvalue weighted by atomic mass is 35.5. The van der Waals surface area contributed by atoms with Gasteiger partial charge in [-0.2, -0.15) is 0 Å². The summed E-state index contributed by atoms with van der Waals surface area (Å²) in [5.74, 6) is 1.60. The third-order valence-corrected chi connectivity index (χ3v) is 3.69. The van der Waals surface area contributed by atoms with Gasteiger partial charge in [0.25, 0.3) is 0 Å². The molecular weight excluding hydrogens is 288 g/mol. The van der Waals surface area contributed by atoms with Gasteiger partial charge in [0.1, 0.15) is 18.1 Å². The fourth-order valence-electron chi connectivity index (χ4n) is 2.48. The number of nitrogens with zero attached hydrogens (tertiary/aromatic N) is 1. The van der Waals surface area contributed by atoms with Gasteiger partial charge >= 0.3 is 0 Å². The molecular formula is C16H17ClN2O2. The van der Waals surface area contributed by atoms with E-state index in [1.807, 2.05) is 31.2 Å². The molecule has 0 spiro atoms. The van der Waals surface area contributed by atoms with Crippen LogP contribution < -0.4 is 15.2 Å². The van der Waals surface area contributed by atoms with Crippen LogP contribution in [0.15, 0.2) is 24.3 Å². The molecule has 1 aromatic heterocycles. The zero-order chi connectivity index (χ0) is 14.8. The first-order valence-corrected chi connectivity index (χ1v) is 7.28. The molecule has 0 saturated carbocycles. The lowest BCUT2D eigenvalue weighted by atomic mass is 10.1. The Morgan fingerprint density at radius 3 is 3.05 bits per heavy atom. The molecule has 110 valence electrons. The molecule has 3 rings (SSSR count). The molecule has 2 heterocycles. The summed E-state index contributed by atoms with van der Waals surface area (Å²) in [5, 5.41) is 0.707. The van der Waals surface area contributed by atoms with Gasteiger partial charge in [-0.25, -0.2) is 0 Å². The molecule has 0 amide bonds. The normalized spacial score (nSPS) is 12.9. The molecule has 0 bridgehead atoms. The second kappa shape index (κ2) is 5.92. The Balaban J connectivity index is 1.83. The molecule has 0 unspecified atom stereocenters. The topological polar surface area (TPSA) is 57.4 Å². The van der Waals surface area contributed by atoms with Crippen LogP contribution in [0, 0.1) is 6.92 Å². The number of nitrogens with two attached hydrogens (primary N) is 1. The number of halogens is 1. The highest BCUT2D eigenvalue weighted by Gasteiger charge is 2.18. The number of hydrogen-bond acceptors (Lipinski definition) is 4. The van der Waals surface area contributed by atoms with Crippen LogP contribution in [0.25, 0.3) is 0 Å². The molecule has 0 radical (unpaired) electrons. The second-order valence-electron chi connectivity index (χ2n) is 5.04. The van der Waals surface area contributed by atoms with Crippen LogP contribution in [0.5, 0.6) is 11.5 Å². The summed E-state index contributed by atoms with van der Waals surface area (Å²) in [6.07, 6.45) is 0.892. The van der Waals surface area contributed by atoms with Crippen molar-refractivity contribution < 1.29 is 9.47 Å². The summed E-state index contributed by atoms with van der Waals surface area (Å²) >= 11 is 6.15. The lowest BCUT2D eigenvalue weighted by Crippen LogP contribution is -2.06. The standard InChI is InChI=1S/C16H17ClN2O2/c1-10-2-3-15(14(8-18)19-10)21-9-12-7-13(17)6-11-4-5-20-16(11)12/h2-3,6-7H,4-5,8-9,18H2,1H3. The van der Waals surface area contributed by atoms with Crippen LogP contribution in [0.2, 0.25) is 5.02 Å². The second-order valence-corrected chi connectivity index (χ2v) is 5.48. The largest absolute Gasteiger partial charge is 0.493 e. The SMILES string of the molecule is Cc1ccc(OCc2cc(Cl)cc3c2OCC3)c(CN)n1. The van der Waals surface area contributed by atoms with E-state index in [1.54, 1.807) is 0 Å². The van der Waals surface area contributed by atoms with E-state index < -0.39 is 0 Å². The Hall–Kier alpha value is -1.78. The number of pyridine rings is 1. The van der Waals surface area contributed by atoms with Gasteiger partial charge in [0.05, 0.1) is 12.3 Å². The van der Waals surface area contributed by atoms with E-state index >= 15 is 0 Å². The summed E-state index contributed by atoms with van der Waals surface area (Å²) in [6, 6.07) is 7.64. The highest BCUT2D eigenvalue weighted by molar-refractivity contribution is 6.30. The van der Waals surface area contributed by atoms with Gasteiger partial charge in [-0.05, 0) is 36.8 Å². The van der Waals surface area contributed by atoms with Crippen LogP contribution in [-0.2, 0) is 19.6 Å². The van der Waals surface area contributed by atoms with Crippen LogP contribution in [0.1, 0.15) is 22.5 Å². The van der Waals surface area contributed by atoms with Crippen molar-refractivity contribution in [3.63, 3.8) is 0 Å². The Labute approximate surface area is 128 Å². The van der Waals surface area contributed by atoms with Gasteiger partial charge < -0.3 is 15.2 Å². The number of aromatic nitrogens is 1. The summed E-state index contributed by atoms with van der Waals surface area (Å²) in [6.45, 7) is 3.37. The number of hydrogen-bond donors (Lipinski definition) is 1. The smallest absolute Gasteiger partial charge is 0.142 e. The monoisotopic (exact) mass is 304 g/mol. The fraction of sp³-hybridized carbons (Fsp3) is 0.312. The van der Waals surface area contributed by atoms with Crippen molar-refractivity contribution in [1.82, 2.24) is 4.98 Å². The summed E-state index contributed by atoms with van der Waals surface area (Å²) in [4.78, 5) is 4.39. The predicted molar refractivity (Wildman–Crippen MR) is 81.8 cm³/mol. The summed E-state index contributed by atoms with van der Waals surface area (Å²) < 4.78 is 11.5. The minimum Gasteiger partial charge on any atom is -0.493 e. The maximum atomic E-state index is 6.15. The average Bonchev–Trinajstić information content (AvgIpc) is 2.93. The van der Waals surface area contributed by atoms with Gasteiger partial charge in [0, 0.05) is 29.2 Å². The molecule has 0 atom stereocenters. The summed E-state index contributed by atoms with van der Waals surface area (Å²) in [7, 11) is 0. The first kappa shape index (κ1) is 14.2. The zero-order valence-corrected chi connectivity index (χ0v) is 12.6. The molecule has 0 fully saturated rings. The minimum absolute atomic E-state index is 0.348. The first-order valence-electron chi connectivity index (χ1n) is 6.91. The quantitative estimate of drug-likeness (QED) is 0.943. The van der Waals surface area contributed by atoms with Gasteiger partial charge in [0.2, 0.25) is 0 Å². The zero-order valence-electron chi connectivity index (χ0n) is 11.9. The lowest BCUT2D eigenvalue weighted by Gasteiger charge is -2.13. The highest BCUT2D eigenvalue weighted by Crippen LogP contribution is 2.33. The van der Waals surface area contributed by atoms with Crippen LogP contribution in [0.4, 0.5) is 0 Å². The number of fused-ring (bicyclic) bond motifs is 1. The van der Waals surface area contributed by atoms with Gasteiger partial charge in [-0.1, -0.05) is 11.6 Å². The van der Waals surface area contributed by atoms with Crippen LogP contribution in [-0.4, -0.2) is 11.6 Å². The van der Waals surface area contributed by atoms with Crippen molar-refractivity contribution in [2.45, 2.75) is 26.5 Å². The maximum absolute atomic E-state index is 6.15. The average molecular weight is 305 g/mol. The fourth-order valence-corrected chi connectivity index (χ4v) is 2.75. The van der Waals surface area contributed by atoms with Crippen molar-refractivity contribution in [3.8, 4) is 11.5 Å². The van der Waals surface area contributed by atoms with E-state index in [0.717, 1.165) is 34.7 Å². The van der Waals surface area contributed by atoms with Crippen molar-refractivity contribution in [3.05, 3.63) is 51.8 Å². The first-order chi connectivity index (χ1) is 10.2. The molecule has 1 aromatic carbocycles. The van der Waals surface area contributed by atoms with E-state index in [-0.39, 0.29) is 0 Å². The third kappa shape index (κ3) is 2.96. The number of rotatable bonds is 4. The van der Waals surface area contributed by atoms with E-state index in [2.05, 4.69) is 4.98 Å². The molecule has 4 nitrogen and oxygen atoms in total.